The Balaban J connectivity index is 1.32. The number of aromatic amines is 1. The van der Waals surface area contributed by atoms with E-state index >= 15 is 0 Å². The number of nitrogens with zero attached hydrogens (tertiary/aromatic N) is 5. The van der Waals surface area contributed by atoms with Gasteiger partial charge in [0.2, 0.25) is 5.95 Å². The van der Waals surface area contributed by atoms with Crippen LogP contribution in [0.15, 0.2) is 6.33 Å². The van der Waals surface area contributed by atoms with Gasteiger partial charge in [0.1, 0.15) is 5.52 Å². The van der Waals surface area contributed by atoms with Gasteiger partial charge >= 0.3 is 0 Å². The van der Waals surface area contributed by atoms with Gasteiger partial charge in [-0.25, -0.2) is 4.98 Å². The molecule has 0 atom stereocenters. The maximum atomic E-state index is 5.39. The molecule has 0 aliphatic carbocycles. The minimum atomic E-state index is 0.608. The smallest absolute Gasteiger partial charge is 0.226 e. The highest BCUT2D eigenvalue weighted by Crippen LogP contribution is 2.18. The van der Waals surface area contributed by atoms with E-state index in [1.54, 1.807) is 6.33 Å². The molecule has 2 fully saturated rings. The molecule has 2 saturated heterocycles. The van der Waals surface area contributed by atoms with Crippen LogP contribution in [0.4, 0.5) is 11.8 Å². The first-order valence-corrected chi connectivity index (χ1v) is 9.67. The van der Waals surface area contributed by atoms with Crippen LogP contribution in [-0.2, 0) is 9.47 Å². The summed E-state index contributed by atoms with van der Waals surface area (Å²) in [7, 11) is 0. The summed E-state index contributed by atoms with van der Waals surface area (Å²) in [5.74, 6) is 1.40. The molecule has 4 heterocycles. The molecule has 10 heteroatoms. The second kappa shape index (κ2) is 9.27. The molecule has 0 bridgehead atoms. The van der Waals surface area contributed by atoms with Crippen LogP contribution in [0.5, 0.6) is 0 Å². The number of hydrogen-bond donors (Lipinski definition) is 3. The second-order valence-corrected chi connectivity index (χ2v) is 6.76. The van der Waals surface area contributed by atoms with E-state index in [0.29, 0.717) is 11.6 Å². The predicted octanol–water partition coefficient (Wildman–Crippen LogP) is -0.159. The minimum Gasteiger partial charge on any atom is -0.379 e. The number of morpholine rings is 2. The van der Waals surface area contributed by atoms with Crippen LogP contribution in [0.3, 0.4) is 0 Å². The molecule has 148 valence electrons. The van der Waals surface area contributed by atoms with Gasteiger partial charge in [0.05, 0.1) is 32.8 Å². The van der Waals surface area contributed by atoms with Crippen LogP contribution in [0.1, 0.15) is 0 Å². The van der Waals surface area contributed by atoms with Crippen LogP contribution < -0.4 is 10.6 Å². The first-order chi connectivity index (χ1) is 13.4. The normalized spacial score (nSPS) is 19.4. The Morgan fingerprint density at radius 3 is 2.19 bits per heavy atom. The maximum Gasteiger partial charge on any atom is 0.226 e. The Kier molecular flexibility index (Phi) is 6.30. The molecule has 10 nitrogen and oxygen atoms in total. The standard InChI is InChI=1S/C17H28N8O2/c1(3-24-5-9-26-10-6-24)18-15-14-16(21-13-20-14)23-17(22-15)19-2-4-25-7-11-27-12-8-25/h13H,1-12H2,(H3,18,19,20,21,22,23). The van der Waals surface area contributed by atoms with Crippen molar-refractivity contribution in [3.8, 4) is 0 Å². The molecule has 0 aromatic carbocycles. The number of anilines is 2. The molecular formula is C17H28N8O2. The Morgan fingerprint density at radius 1 is 0.889 bits per heavy atom. The Hall–Kier alpha value is -2.01. The van der Waals surface area contributed by atoms with E-state index in [0.717, 1.165) is 90.1 Å². The van der Waals surface area contributed by atoms with E-state index in [1.165, 1.54) is 0 Å². The number of ether oxygens (including phenoxy) is 2. The van der Waals surface area contributed by atoms with Gasteiger partial charge < -0.3 is 25.1 Å². The van der Waals surface area contributed by atoms with E-state index < -0.39 is 0 Å². The number of hydrogen-bond acceptors (Lipinski definition) is 9. The van der Waals surface area contributed by atoms with Crippen LogP contribution in [0, 0.1) is 0 Å². The van der Waals surface area contributed by atoms with E-state index in [9.17, 15) is 0 Å². The zero-order valence-electron chi connectivity index (χ0n) is 15.6. The van der Waals surface area contributed by atoms with Gasteiger partial charge in [-0.15, -0.1) is 0 Å². The largest absolute Gasteiger partial charge is 0.379 e. The summed E-state index contributed by atoms with van der Waals surface area (Å²) in [5, 5.41) is 6.76. The van der Waals surface area contributed by atoms with Gasteiger partial charge in [-0.3, -0.25) is 9.80 Å². The average Bonchev–Trinajstić information content (AvgIpc) is 3.18. The van der Waals surface area contributed by atoms with Crippen molar-refractivity contribution in [2.24, 2.45) is 0 Å². The number of aromatic nitrogens is 4. The second-order valence-electron chi connectivity index (χ2n) is 6.76. The molecular weight excluding hydrogens is 348 g/mol. The molecule has 4 rings (SSSR count). The van der Waals surface area contributed by atoms with Crippen molar-refractivity contribution < 1.29 is 9.47 Å². The average molecular weight is 376 g/mol. The van der Waals surface area contributed by atoms with E-state index in [-0.39, 0.29) is 0 Å². The van der Waals surface area contributed by atoms with Crippen LogP contribution >= 0.6 is 0 Å². The third-order valence-corrected chi connectivity index (χ3v) is 4.92. The van der Waals surface area contributed by atoms with Crippen LogP contribution in [0.25, 0.3) is 11.2 Å². The zero-order valence-corrected chi connectivity index (χ0v) is 15.6. The lowest BCUT2D eigenvalue weighted by Crippen LogP contribution is -2.39. The number of rotatable bonds is 8. The lowest BCUT2D eigenvalue weighted by molar-refractivity contribution is 0.0398. The third kappa shape index (κ3) is 5.04. The van der Waals surface area contributed by atoms with Crippen molar-refractivity contribution in [2.45, 2.75) is 0 Å². The fraction of sp³-hybridized carbons (Fsp3) is 0.706. The molecule has 0 saturated carbocycles. The highest BCUT2D eigenvalue weighted by molar-refractivity contribution is 5.83. The molecule has 0 radical (unpaired) electrons. The summed E-state index contributed by atoms with van der Waals surface area (Å²) < 4.78 is 10.8. The van der Waals surface area contributed by atoms with E-state index in [1.807, 2.05) is 0 Å². The van der Waals surface area contributed by atoms with Crippen molar-refractivity contribution in [1.82, 2.24) is 29.7 Å². The quantitative estimate of drug-likeness (QED) is 0.580. The van der Waals surface area contributed by atoms with Crippen LogP contribution in [0.2, 0.25) is 0 Å². The van der Waals surface area contributed by atoms with Crippen molar-refractivity contribution in [3.63, 3.8) is 0 Å². The molecule has 2 aliphatic heterocycles. The highest BCUT2D eigenvalue weighted by atomic mass is 16.5. The fourth-order valence-corrected chi connectivity index (χ4v) is 3.35. The Labute approximate surface area is 158 Å². The zero-order chi connectivity index (χ0) is 18.3. The molecule has 2 aromatic rings. The fourth-order valence-electron chi connectivity index (χ4n) is 3.35. The predicted molar refractivity (Wildman–Crippen MR) is 103 cm³/mol. The van der Waals surface area contributed by atoms with Gasteiger partial charge in [-0.05, 0) is 0 Å². The maximum absolute atomic E-state index is 5.39. The van der Waals surface area contributed by atoms with Gasteiger partial charge in [-0.2, -0.15) is 9.97 Å². The van der Waals surface area contributed by atoms with Crippen molar-refractivity contribution in [3.05, 3.63) is 6.33 Å². The highest BCUT2D eigenvalue weighted by Gasteiger charge is 2.13. The first-order valence-electron chi connectivity index (χ1n) is 9.67. The van der Waals surface area contributed by atoms with Crippen LogP contribution in [-0.4, -0.2) is 109 Å². The van der Waals surface area contributed by atoms with E-state index in [4.69, 9.17) is 9.47 Å². The first kappa shape index (κ1) is 18.4. The number of fused-ring (bicyclic) bond motifs is 1. The number of H-pyrrole nitrogens is 1. The number of nitrogens with one attached hydrogen (secondary N) is 3. The lowest BCUT2D eigenvalue weighted by Gasteiger charge is -2.26. The SMILES string of the molecule is c1nc2nc(NCCN3CCOCC3)nc(NCCN3CCOCC3)c2[nH]1. The van der Waals surface area contributed by atoms with Crippen molar-refractivity contribution in [1.29, 1.82) is 0 Å². The van der Waals surface area contributed by atoms with Gasteiger partial charge in [0.15, 0.2) is 11.5 Å². The van der Waals surface area contributed by atoms with E-state index in [2.05, 4.69) is 40.4 Å². The molecule has 0 amide bonds. The lowest BCUT2D eigenvalue weighted by atomic mass is 10.4. The molecule has 0 unspecified atom stereocenters. The minimum absolute atomic E-state index is 0.608. The molecule has 27 heavy (non-hydrogen) atoms. The number of imidazole rings is 1. The summed E-state index contributed by atoms with van der Waals surface area (Å²) in [6.45, 7) is 10.7. The Morgan fingerprint density at radius 2 is 1.52 bits per heavy atom. The summed E-state index contributed by atoms with van der Waals surface area (Å²) >= 11 is 0. The topological polar surface area (TPSA) is 103 Å². The van der Waals surface area contributed by atoms with Gasteiger partial charge in [0.25, 0.3) is 0 Å². The van der Waals surface area contributed by atoms with Crippen molar-refractivity contribution in [2.75, 3.05) is 89.4 Å². The molecule has 2 aliphatic rings. The molecule has 0 spiro atoms. The summed E-state index contributed by atoms with van der Waals surface area (Å²) in [5.41, 5.74) is 1.52. The Bertz CT molecular complexity index is 712. The third-order valence-electron chi connectivity index (χ3n) is 4.92. The van der Waals surface area contributed by atoms with Gasteiger partial charge in [-0.1, -0.05) is 0 Å². The summed E-state index contributed by atoms with van der Waals surface area (Å²) in [6, 6.07) is 0. The monoisotopic (exact) mass is 376 g/mol. The molecule has 3 N–H and O–H groups in total. The van der Waals surface area contributed by atoms with Crippen molar-refractivity contribution >= 4 is 22.9 Å². The summed E-state index contributed by atoms with van der Waals surface area (Å²) in [6.07, 6.45) is 1.66. The van der Waals surface area contributed by atoms with Gasteiger partial charge in [0, 0.05) is 52.4 Å². The molecule has 2 aromatic heterocycles. The summed E-state index contributed by atoms with van der Waals surface area (Å²) in [4.78, 5) is 21.3.